The number of sulfonamides is 1. The van der Waals surface area contributed by atoms with Crippen LogP contribution in [0.15, 0.2) is 5.38 Å². The highest BCUT2D eigenvalue weighted by Crippen LogP contribution is 2.31. The molecule has 8 heteroatoms. The first kappa shape index (κ1) is 18.8. The van der Waals surface area contributed by atoms with Crippen LogP contribution in [0.4, 0.5) is 0 Å². The van der Waals surface area contributed by atoms with E-state index in [1.807, 2.05) is 5.38 Å². The molecule has 0 atom stereocenters. The second-order valence-electron chi connectivity index (χ2n) is 7.22. The summed E-state index contributed by atoms with van der Waals surface area (Å²) in [6.45, 7) is 1.82. The lowest BCUT2D eigenvalue weighted by Crippen LogP contribution is -2.37. The van der Waals surface area contributed by atoms with Gasteiger partial charge in [-0.25, -0.2) is 17.7 Å². The molecule has 25 heavy (non-hydrogen) atoms. The van der Waals surface area contributed by atoms with E-state index in [-0.39, 0.29) is 11.8 Å². The van der Waals surface area contributed by atoms with E-state index < -0.39 is 10.0 Å². The second-order valence-corrected chi connectivity index (χ2v) is 10.1. The summed E-state index contributed by atoms with van der Waals surface area (Å²) >= 11 is 1.51. The first-order valence-electron chi connectivity index (χ1n) is 9.12. The van der Waals surface area contributed by atoms with Crippen molar-refractivity contribution in [1.82, 2.24) is 14.6 Å². The van der Waals surface area contributed by atoms with Gasteiger partial charge in [-0.1, -0.05) is 19.3 Å². The molecule has 3 rings (SSSR count). The van der Waals surface area contributed by atoms with Crippen LogP contribution in [0.2, 0.25) is 0 Å². The number of aromatic nitrogens is 1. The maximum Gasteiger partial charge on any atom is 0.270 e. The molecule has 140 valence electrons. The number of amides is 1. The van der Waals surface area contributed by atoms with Gasteiger partial charge in [0, 0.05) is 30.9 Å². The van der Waals surface area contributed by atoms with Gasteiger partial charge >= 0.3 is 0 Å². The Balaban J connectivity index is 1.51. The van der Waals surface area contributed by atoms with Crippen LogP contribution in [0.25, 0.3) is 0 Å². The van der Waals surface area contributed by atoms with E-state index in [0.717, 1.165) is 24.4 Å². The van der Waals surface area contributed by atoms with E-state index in [4.69, 9.17) is 0 Å². The van der Waals surface area contributed by atoms with Crippen LogP contribution in [0.5, 0.6) is 0 Å². The molecular formula is C17H27N3O3S2. The van der Waals surface area contributed by atoms with Gasteiger partial charge in [0.05, 0.1) is 11.3 Å². The summed E-state index contributed by atoms with van der Waals surface area (Å²) in [5.74, 6) is 0.778. The molecule has 0 bridgehead atoms. The standard InChI is InChI=1S/C17H27N3O3S2/c1-25(22,23)20-9-7-14(8-10-20)17-19-15(12-24-17)16(21)18-11-13-5-3-2-4-6-13/h12-14H,2-11H2,1H3,(H,18,21). The number of hydrogen-bond acceptors (Lipinski definition) is 5. The van der Waals surface area contributed by atoms with Gasteiger partial charge in [-0.15, -0.1) is 11.3 Å². The molecule has 2 fully saturated rings. The molecule has 1 saturated heterocycles. The lowest BCUT2D eigenvalue weighted by molar-refractivity contribution is 0.0939. The van der Waals surface area contributed by atoms with Gasteiger partial charge in [-0.05, 0) is 31.6 Å². The van der Waals surface area contributed by atoms with Crippen molar-refractivity contribution in [1.29, 1.82) is 0 Å². The fraction of sp³-hybridized carbons (Fsp3) is 0.765. The highest BCUT2D eigenvalue weighted by molar-refractivity contribution is 7.88. The molecule has 2 heterocycles. The van der Waals surface area contributed by atoms with Gasteiger partial charge in [-0.2, -0.15) is 0 Å². The Morgan fingerprint density at radius 2 is 1.92 bits per heavy atom. The van der Waals surface area contributed by atoms with E-state index in [2.05, 4.69) is 10.3 Å². The average molecular weight is 386 g/mol. The molecule has 1 aliphatic carbocycles. The monoisotopic (exact) mass is 385 g/mol. The summed E-state index contributed by atoms with van der Waals surface area (Å²) in [7, 11) is -3.11. The minimum absolute atomic E-state index is 0.0818. The quantitative estimate of drug-likeness (QED) is 0.845. The van der Waals surface area contributed by atoms with Crippen molar-refractivity contribution in [3.05, 3.63) is 16.1 Å². The van der Waals surface area contributed by atoms with Crippen molar-refractivity contribution in [2.24, 2.45) is 5.92 Å². The molecule has 1 saturated carbocycles. The summed E-state index contributed by atoms with van der Waals surface area (Å²) in [4.78, 5) is 16.8. The Morgan fingerprint density at radius 3 is 2.56 bits per heavy atom. The second kappa shape index (κ2) is 8.14. The fourth-order valence-electron chi connectivity index (χ4n) is 3.73. The van der Waals surface area contributed by atoms with Gasteiger partial charge in [0.25, 0.3) is 5.91 Å². The maximum absolute atomic E-state index is 12.3. The topological polar surface area (TPSA) is 79.4 Å². The van der Waals surface area contributed by atoms with E-state index >= 15 is 0 Å². The van der Waals surface area contributed by atoms with Crippen molar-refractivity contribution < 1.29 is 13.2 Å². The van der Waals surface area contributed by atoms with Crippen LogP contribution >= 0.6 is 11.3 Å². The van der Waals surface area contributed by atoms with Crippen molar-refractivity contribution in [3.63, 3.8) is 0 Å². The zero-order valence-corrected chi connectivity index (χ0v) is 16.4. The first-order valence-corrected chi connectivity index (χ1v) is 11.8. The predicted molar refractivity (Wildman–Crippen MR) is 99.4 cm³/mol. The van der Waals surface area contributed by atoms with Crippen LogP contribution in [0, 0.1) is 5.92 Å². The molecule has 1 amide bonds. The molecule has 2 aliphatic rings. The lowest BCUT2D eigenvalue weighted by Gasteiger charge is -2.29. The molecule has 0 unspecified atom stereocenters. The number of piperidine rings is 1. The molecule has 0 radical (unpaired) electrons. The first-order chi connectivity index (χ1) is 11.9. The number of thiazole rings is 1. The molecule has 1 aromatic rings. The largest absolute Gasteiger partial charge is 0.350 e. The Bertz CT molecular complexity index is 688. The van der Waals surface area contributed by atoms with Crippen LogP contribution in [0.3, 0.4) is 0 Å². The van der Waals surface area contributed by atoms with Crippen LogP contribution in [-0.2, 0) is 10.0 Å². The number of hydrogen-bond donors (Lipinski definition) is 1. The predicted octanol–water partition coefficient (Wildman–Crippen LogP) is 2.59. The molecule has 0 aromatic carbocycles. The van der Waals surface area contributed by atoms with Crippen molar-refractivity contribution in [3.8, 4) is 0 Å². The molecule has 6 nitrogen and oxygen atoms in total. The molecule has 1 N–H and O–H groups in total. The Labute approximate surface area is 154 Å². The Morgan fingerprint density at radius 1 is 1.24 bits per heavy atom. The number of carbonyl (C=O) groups is 1. The van der Waals surface area contributed by atoms with Crippen molar-refractivity contribution >= 4 is 27.3 Å². The third-order valence-electron chi connectivity index (χ3n) is 5.30. The normalized spacial score (nSPS) is 21.3. The smallest absolute Gasteiger partial charge is 0.270 e. The third kappa shape index (κ3) is 5.01. The lowest BCUT2D eigenvalue weighted by atomic mass is 9.89. The summed E-state index contributed by atoms with van der Waals surface area (Å²) < 4.78 is 24.7. The van der Waals surface area contributed by atoms with E-state index in [9.17, 15) is 13.2 Å². The van der Waals surface area contributed by atoms with Crippen molar-refractivity contribution in [2.75, 3.05) is 25.9 Å². The van der Waals surface area contributed by atoms with Crippen LogP contribution < -0.4 is 5.32 Å². The van der Waals surface area contributed by atoms with Crippen LogP contribution in [0.1, 0.15) is 66.4 Å². The van der Waals surface area contributed by atoms with Crippen molar-refractivity contribution in [2.45, 2.75) is 50.9 Å². The van der Waals surface area contributed by atoms with E-state index in [0.29, 0.717) is 24.7 Å². The average Bonchev–Trinajstić information content (AvgIpc) is 3.10. The fourth-order valence-corrected chi connectivity index (χ4v) is 5.58. The highest BCUT2D eigenvalue weighted by Gasteiger charge is 2.28. The minimum Gasteiger partial charge on any atom is -0.350 e. The maximum atomic E-state index is 12.3. The number of nitrogens with zero attached hydrogens (tertiary/aromatic N) is 2. The number of nitrogens with one attached hydrogen (secondary N) is 1. The van der Waals surface area contributed by atoms with Gasteiger partial charge in [0.15, 0.2) is 0 Å². The SMILES string of the molecule is CS(=O)(=O)N1CCC(c2nc(C(=O)NCC3CCCCC3)cs2)CC1. The van der Waals surface area contributed by atoms with E-state index in [1.165, 1.54) is 54.0 Å². The summed E-state index contributed by atoms with van der Waals surface area (Å²) in [5, 5.41) is 5.81. The number of carbonyl (C=O) groups excluding carboxylic acids is 1. The zero-order chi connectivity index (χ0) is 17.9. The molecule has 0 spiro atoms. The minimum atomic E-state index is -3.11. The van der Waals surface area contributed by atoms with Gasteiger partial charge in [-0.3, -0.25) is 4.79 Å². The summed E-state index contributed by atoms with van der Waals surface area (Å²) in [5.41, 5.74) is 0.501. The van der Waals surface area contributed by atoms with Gasteiger partial charge in [0.2, 0.25) is 10.0 Å². The Hall–Kier alpha value is -0.990. The van der Waals surface area contributed by atoms with Gasteiger partial charge in [0.1, 0.15) is 5.69 Å². The summed E-state index contributed by atoms with van der Waals surface area (Å²) in [6.07, 6.45) is 9.07. The zero-order valence-electron chi connectivity index (χ0n) is 14.7. The third-order valence-corrected chi connectivity index (χ3v) is 7.61. The molecule has 1 aromatic heterocycles. The van der Waals surface area contributed by atoms with Crippen LogP contribution in [-0.4, -0.2) is 49.5 Å². The van der Waals surface area contributed by atoms with Gasteiger partial charge < -0.3 is 5.32 Å². The molecular weight excluding hydrogens is 358 g/mol. The highest BCUT2D eigenvalue weighted by atomic mass is 32.2. The Kier molecular flexibility index (Phi) is 6.12. The van der Waals surface area contributed by atoms with E-state index in [1.54, 1.807) is 0 Å². The summed E-state index contributed by atoms with van der Waals surface area (Å²) in [6, 6.07) is 0. The molecule has 1 aliphatic heterocycles. The number of rotatable bonds is 5.